The van der Waals surface area contributed by atoms with Crippen LogP contribution in [0.2, 0.25) is 0 Å². The Morgan fingerprint density at radius 1 is 1.19 bits per heavy atom. The molecule has 0 amide bonds. The van der Waals surface area contributed by atoms with Crippen molar-refractivity contribution in [2.75, 3.05) is 5.75 Å². The van der Waals surface area contributed by atoms with Gasteiger partial charge in [-0.3, -0.25) is 13.4 Å². The molecular weight excluding hydrogens is 437 g/mol. The minimum atomic E-state index is -4.74. The third-order valence-electron chi connectivity index (χ3n) is 5.15. The molecule has 0 radical (unpaired) electrons. The second kappa shape index (κ2) is 6.39. The van der Waals surface area contributed by atoms with E-state index in [4.69, 9.17) is 0 Å². The van der Waals surface area contributed by atoms with Gasteiger partial charge in [0.25, 0.3) is 0 Å². The number of halogens is 3. The summed E-state index contributed by atoms with van der Waals surface area (Å²) in [5, 5.41) is -0.180. The summed E-state index contributed by atoms with van der Waals surface area (Å²) in [6.45, 7) is 1.46. The number of rotatable bonds is 4. The molecule has 1 fully saturated rings. The zero-order chi connectivity index (χ0) is 22.1. The summed E-state index contributed by atoms with van der Waals surface area (Å²) < 4.78 is 69.2. The molecule has 0 unspecified atom stereocenters. The molecule has 5 rings (SSSR count). The van der Waals surface area contributed by atoms with Gasteiger partial charge in [-0.25, -0.2) is 28.2 Å². The Labute approximate surface area is 172 Å². The standard InChI is InChI=1S/C18H15F3N6O3S/c1-2-31(29,30)15-14(24-16-22-6-3-7-25(15)16)11-9-26-13(23-11)8-12(18(19,20)21)27(17(26)28)10-4-5-10/h3,6-10H,2,4-5H2,1H3. The van der Waals surface area contributed by atoms with Gasteiger partial charge in [0.15, 0.2) is 14.9 Å². The van der Waals surface area contributed by atoms with E-state index in [1.807, 2.05) is 0 Å². The summed E-state index contributed by atoms with van der Waals surface area (Å²) in [6.07, 6.45) is 0.341. The number of nitrogens with zero attached hydrogens (tertiary/aromatic N) is 6. The van der Waals surface area contributed by atoms with Gasteiger partial charge in [-0.2, -0.15) is 13.2 Å². The normalized spacial score (nSPS) is 15.2. The van der Waals surface area contributed by atoms with E-state index in [1.165, 1.54) is 36.0 Å². The minimum Gasteiger partial charge on any atom is -0.286 e. The van der Waals surface area contributed by atoms with E-state index in [9.17, 15) is 26.4 Å². The van der Waals surface area contributed by atoms with Crippen LogP contribution in [0.5, 0.6) is 0 Å². The van der Waals surface area contributed by atoms with E-state index < -0.39 is 33.4 Å². The molecule has 1 saturated carbocycles. The van der Waals surface area contributed by atoms with Gasteiger partial charge in [-0.15, -0.1) is 0 Å². The summed E-state index contributed by atoms with van der Waals surface area (Å²) in [7, 11) is -3.80. The molecular formula is C18H15F3N6O3S. The lowest BCUT2D eigenvalue weighted by Crippen LogP contribution is -2.31. The highest BCUT2D eigenvalue weighted by Gasteiger charge is 2.40. The Kier molecular flexibility index (Phi) is 4.07. The van der Waals surface area contributed by atoms with Crippen molar-refractivity contribution < 1.29 is 21.6 Å². The van der Waals surface area contributed by atoms with E-state index in [2.05, 4.69) is 15.0 Å². The summed E-state index contributed by atoms with van der Waals surface area (Å²) in [5.41, 5.74) is -2.31. The Balaban J connectivity index is 1.82. The monoisotopic (exact) mass is 452 g/mol. The number of fused-ring (bicyclic) bond motifs is 2. The number of hydrogen-bond donors (Lipinski definition) is 0. The molecule has 9 nitrogen and oxygen atoms in total. The van der Waals surface area contributed by atoms with Gasteiger partial charge < -0.3 is 0 Å². The molecule has 4 heterocycles. The van der Waals surface area contributed by atoms with Gasteiger partial charge in [0.1, 0.15) is 22.7 Å². The molecule has 31 heavy (non-hydrogen) atoms. The largest absolute Gasteiger partial charge is 0.431 e. The first kappa shape index (κ1) is 19.7. The fourth-order valence-electron chi connectivity index (χ4n) is 3.55. The Hall–Kier alpha value is -3.22. The van der Waals surface area contributed by atoms with E-state index in [0.717, 1.165) is 15.0 Å². The maximum Gasteiger partial charge on any atom is 0.431 e. The first-order valence-electron chi connectivity index (χ1n) is 9.40. The fraction of sp³-hybridized carbons (Fsp3) is 0.333. The first-order chi connectivity index (χ1) is 14.6. The molecule has 0 aromatic carbocycles. The van der Waals surface area contributed by atoms with Crippen LogP contribution in [-0.4, -0.2) is 42.5 Å². The zero-order valence-corrected chi connectivity index (χ0v) is 16.9. The van der Waals surface area contributed by atoms with E-state index >= 15 is 0 Å². The number of imidazole rings is 2. The van der Waals surface area contributed by atoms with Gasteiger partial charge >= 0.3 is 11.9 Å². The van der Waals surface area contributed by atoms with Crippen LogP contribution in [0.4, 0.5) is 13.2 Å². The summed E-state index contributed by atoms with van der Waals surface area (Å²) in [5.74, 6) is -0.143. The lowest BCUT2D eigenvalue weighted by Gasteiger charge is -2.14. The molecule has 0 spiro atoms. The predicted octanol–water partition coefficient (Wildman–Crippen LogP) is 2.35. The van der Waals surface area contributed by atoms with Crippen LogP contribution in [-0.2, 0) is 16.0 Å². The Morgan fingerprint density at radius 2 is 1.94 bits per heavy atom. The third-order valence-corrected chi connectivity index (χ3v) is 6.89. The highest BCUT2D eigenvalue weighted by atomic mass is 32.2. The van der Waals surface area contributed by atoms with E-state index in [1.54, 1.807) is 0 Å². The molecule has 162 valence electrons. The van der Waals surface area contributed by atoms with Crippen molar-refractivity contribution in [2.45, 2.75) is 37.0 Å². The molecule has 0 saturated heterocycles. The molecule has 0 N–H and O–H groups in total. The van der Waals surface area contributed by atoms with Gasteiger partial charge in [0.2, 0.25) is 5.78 Å². The van der Waals surface area contributed by atoms with Crippen molar-refractivity contribution in [1.82, 2.24) is 28.3 Å². The average molecular weight is 452 g/mol. The Morgan fingerprint density at radius 3 is 2.58 bits per heavy atom. The van der Waals surface area contributed by atoms with Crippen LogP contribution < -0.4 is 5.69 Å². The van der Waals surface area contributed by atoms with Crippen LogP contribution in [0.3, 0.4) is 0 Å². The van der Waals surface area contributed by atoms with Gasteiger partial charge in [-0.05, 0) is 18.9 Å². The molecule has 1 aliphatic carbocycles. The lowest BCUT2D eigenvalue weighted by atomic mass is 10.3. The summed E-state index contributed by atoms with van der Waals surface area (Å²) in [4.78, 5) is 25.3. The molecule has 0 aliphatic heterocycles. The summed E-state index contributed by atoms with van der Waals surface area (Å²) in [6, 6.07) is 1.81. The number of hydrogen-bond acceptors (Lipinski definition) is 6. The maximum absolute atomic E-state index is 13.6. The van der Waals surface area contributed by atoms with Crippen LogP contribution >= 0.6 is 0 Å². The van der Waals surface area contributed by atoms with Crippen LogP contribution in [0.1, 0.15) is 31.5 Å². The van der Waals surface area contributed by atoms with Crippen LogP contribution in [0.25, 0.3) is 22.8 Å². The lowest BCUT2D eigenvalue weighted by molar-refractivity contribution is -0.144. The first-order valence-corrected chi connectivity index (χ1v) is 11.0. The van der Waals surface area contributed by atoms with Gasteiger partial charge in [0.05, 0.1) is 5.75 Å². The van der Waals surface area contributed by atoms with E-state index in [-0.39, 0.29) is 33.6 Å². The van der Waals surface area contributed by atoms with Gasteiger partial charge in [-0.1, -0.05) is 6.92 Å². The molecule has 0 bridgehead atoms. The van der Waals surface area contributed by atoms with Crippen molar-refractivity contribution in [1.29, 1.82) is 0 Å². The Bertz CT molecular complexity index is 1510. The number of alkyl halides is 3. The highest BCUT2D eigenvalue weighted by Crippen LogP contribution is 2.39. The second-order valence-corrected chi connectivity index (χ2v) is 9.42. The van der Waals surface area contributed by atoms with Crippen molar-refractivity contribution in [3.8, 4) is 11.4 Å². The molecule has 1 aliphatic rings. The van der Waals surface area contributed by atoms with Crippen molar-refractivity contribution in [2.24, 2.45) is 0 Å². The SMILES string of the molecule is CCS(=O)(=O)c1c(-c2cn3c(=O)n(C4CC4)c(C(F)(F)F)cc3n2)nc2ncccn12. The van der Waals surface area contributed by atoms with Crippen molar-refractivity contribution in [3.63, 3.8) is 0 Å². The van der Waals surface area contributed by atoms with E-state index in [0.29, 0.717) is 12.8 Å². The second-order valence-electron chi connectivity index (χ2n) is 7.22. The molecule has 4 aromatic rings. The molecule has 4 aromatic heterocycles. The summed E-state index contributed by atoms with van der Waals surface area (Å²) >= 11 is 0. The minimum absolute atomic E-state index is 0.0312. The molecule has 0 atom stereocenters. The van der Waals surface area contributed by atoms with Crippen LogP contribution in [0, 0.1) is 0 Å². The maximum atomic E-state index is 13.6. The van der Waals surface area contributed by atoms with Gasteiger partial charge in [0, 0.05) is 30.7 Å². The fourth-order valence-corrected chi connectivity index (χ4v) is 4.71. The smallest absolute Gasteiger partial charge is 0.286 e. The quantitative estimate of drug-likeness (QED) is 0.471. The topological polar surface area (TPSA) is 104 Å². The van der Waals surface area contributed by atoms with Crippen molar-refractivity contribution >= 4 is 21.3 Å². The predicted molar refractivity (Wildman–Crippen MR) is 102 cm³/mol. The third kappa shape index (κ3) is 3.02. The van der Waals surface area contributed by atoms with Crippen LogP contribution in [0.15, 0.2) is 40.5 Å². The number of sulfone groups is 1. The zero-order valence-electron chi connectivity index (χ0n) is 16.0. The highest BCUT2D eigenvalue weighted by molar-refractivity contribution is 7.91. The number of aromatic nitrogens is 6. The molecule has 13 heteroatoms. The average Bonchev–Trinajstić information content (AvgIpc) is 3.32. The van der Waals surface area contributed by atoms with Crippen molar-refractivity contribution in [3.05, 3.63) is 46.9 Å².